The van der Waals surface area contributed by atoms with Gasteiger partial charge in [0.05, 0.1) is 13.2 Å². The summed E-state index contributed by atoms with van der Waals surface area (Å²) >= 11 is 0. The second-order valence-corrected chi connectivity index (χ2v) is 7.39. The summed E-state index contributed by atoms with van der Waals surface area (Å²) < 4.78 is 24.5. The SMILES string of the molecule is COc1ccc(C(=O)N[C@@H](C)c2ccc(F)cc2)cc1COc1cc(C)cc(C)c1. The minimum atomic E-state index is -0.305. The van der Waals surface area contributed by atoms with Crippen molar-refractivity contribution in [2.24, 2.45) is 0 Å². The van der Waals surface area contributed by atoms with E-state index < -0.39 is 0 Å². The van der Waals surface area contributed by atoms with Crippen LogP contribution < -0.4 is 14.8 Å². The van der Waals surface area contributed by atoms with Crippen LogP contribution >= 0.6 is 0 Å². The Balaban J connectivity index is 1.74. The van der Waals surface area contributed by atoms with E-state index in [0.717, 1.165) is 28.0 Å². The molecule has 0 saturated heterocycles. The second kappa shape index (κ2) is 9.44. The molecule has 0 aliphatic heterocycles. The van der Waals surface area contributed by atoms with Crippen LogP contribution in [0, 0.1) is 19.7 Å². The predicted molar refractivity (Wildman–Crippen MR) is 116 cm³/mol. The zero-order valence-electron chi connectivity index (χ0n) is 17.7. The Morgan fingerprint density at radius 3 is 2.30 bits per heavy atom. The minimum Gasteiger partial charge on any atom is -0.496 e. The number of hydrogen-bond donors (Lipinski definition) is 1. The molecule has 3 aromatic carbocycles. The number of benzene rings is 3. The lowest BCUT2D eigenvalue weighted by atomic mass is 10.1. The van der Waals surface area contributed by atoms with Crippen molar-refractivity contribution in [2.75, 3.05) is 7.11 Å². The number of carbonyl (C=O) groups excluding carboxylic acids is 1. The molecule has 0 fully saturated rings. The van der Waals surface area contributed by atoms with Gasteiger partial charge in [-0.3, -0.25) is 4.79 Å². The Morgan fingerprint density at radius 1 is 1.00 bits per heavy atom. The fraction of sp³-hybridized carbons (Fsp3) is 0.240. The lowest BCUT2D eigenvalue weighted by Gasteiger charge is -2.16. The molecular formula is C25H26FNO3. The molecule has 3 aromatic rings. The highest BCUT2D eigenvalue weighted by Crippen LogP contribution is 2.24. The number of aryl methyl sites for hydroxylation is 2. The van der Waals surface area contributed by atoms with Crippen LogP contribution in [0.1, 0.15) is 45.6 Å². The Morgan fingerprint density at radius 2 is 1.67 bits per heavy atom. The van der Waals surface area contributed by atoms with Crippen LogP contribution in [0.5, 0.6) is 11.5 Å². The summed E-state index contributed by atoms with van der Waals surface area (Å²) in [5.41, 5.74) is 4.36. The van der Waals surface area contributed by atoms with Crippen LogP contribution in [-0.4, -0.2) is 13.0 Å². The maximum Gasteiger partial charge on any atom is 0.251 e. The van der Waals surface area contributed by atoms with Gasteiger partial charge in [0.25, 0.3) is 5.91 Å². The van der Waals surface area contributed by atoms with Gasteiger partial charge < -0.3 is 14.8 Å². The monoisotopic (exact) mass is 407 g/mol. The summed E-state index contributed by atoms with van der Waals surface area (Å²) in [5.74, 6) is 0.903. The molecule has 0 radical (unpaired) electrons. The van der Waals surface area contributed by atoms with Crippen molar-refractivity contribution >= 4 is 5.91 Å². The van der Waals surface area contributed by atoms with Crippen molar-refractivity contribution in [1.82, 2.24) is 5.32 Å². The molecule has 156 valence electrons. The molecule has 0 heterocycles. The van der Waals surface area contributed by atoms with E-state index in [2.05, 4.69) is 11.4 Å². The van der Waals surface area contributed by atoms with Gasteiger partial charge in [-0.25, -0.2) is 4.39 Å². The van der Waals surface area contributed by atoms with Crippen LogP contribution in [0.25, 0.3) is 0 Å². The highest BCUT2D eigenvalue weighted by atomic mass is 19.1. The van der Waals surface area contributed by atoms with Crippen molar-refractivity contribution in [2.45, 2.75) is 33.4 Å². The molecule has 0 aliphatic rings. The molecule has 1 amide bonds. The molecule has 1 atom stereocenters. The van der Waals surface area contributed by atoms with Crippen LogP contribution in [0.4, 0.5) is 4.39 Å². The quantitative estimate of drug-likeness (QED) is 0.561. The smallest absolute Gasteiger partial charge is 0.251 e. The Bertz CT molecular complexity index is 1010. The normalized spacial score (nSPS) is 11.6. The maximum atomic E-state index is 13.1. The van der Waals surface area contributed by atoms with Crippen LogP contribution in [-0.2, 0) is 6.61 Å². The Hall–Kier alpha value is -3.34. The van der Waals surface area contributed by atoms with Crippen molar-refractivity contribution in [1.29, 1.82) is 0 Å². The zero-order valence-corrected chi connectivity index (χ0v) is 17.7. The molecule has 0 aliphatic carbocycles. The van der Waals surface area contributed by atoms with E-state index in [1.54, 1.807) is 37.4 Å². The van der Waals surface area contributed by atoms with Gasteiger partial charge in [-0.2, -0.15) is 0 Å². The van der Waals surface area contributed by atoms with E-state index in [0.29, 0.717) is 11.3 Å². The summed E-state index contributed by atoms with van der Waals surface area (Å²) in [5, 5.41) is 2.94. The first-order valence-corrected chi connectivity index (χ1v) is 9.80. The highest BCUT2D eigenvalue weighted by molar-refractivity contribution is 5.94. The van der Waals surface area contributed by atoms with Crippen LogP contribution in [0.3, 0.4) is 0 Å². The minimum absolute atomic E-state index is 0.220. The van der Waals surface area contributed by atoms with Crippen molar-refractivity contribution in [3.05, 3.63) is 94.3 Å². The zero-order chi connectivity index (χ0) is 21.7. The summed E-state index contributed by atoms with van der Waals surface area (Å²) in [7, 11) is 1.59. The number of methoxy groups -OCH3 is 1. The van der Waals surface area contributed by atoms with Gasteiger partial charge in [0.15, 0.2) is 0 Å². The summed E-state index contributed by atoms with van der Waals surface area (Å²) in [6.07, 6.45) is 0. The first kappa shape index (κ1) is 21.4. The van der Waals surface area contributed by atoms with E-state index in [9.17, 15) is 9.18 Å². The lowest BCUT2D eigenvalue weighted by molar-refractivity contribution is 0.0939. The van der Waals surface area contributed by atoms with E-state index in [1.807, 2.05) is 32.9 Å². The standard InChI is InChI=1S/C25H26FNO3/c1-16-11-17(2)13-23(12-16)30-15-21-14-20(7-10-24(21)29-4)25(28)27-18(3)19-5-8-22(26)9-6-19/h5-14,18H,15H2,1-4H3,(H,27,28)/t18-/m0/s1. The predicted octanol–water partition coefficient (Wildman–Crippen LogP) is 5.52. The van der Waals surface area contributed by atoms with Gasteiger partial charge >= 0.3 is 0 Å². The van der Waals surface area contributed by atoms with E-state index in [4.69, 9.17) is 9.47 Å². The van der Waals surface area contributed by atoms with Gasteiger partial charge in [0.1, 0.15) is 23.9 Å². The lowest BCUT2D eigenvalue weighted by Crippen LogP contribution is -2.26. The summed E-state index contributed by atoms with van der Waals surface area (Å²) in [6.45, 7) is 6.18. The van der Waals surface area contributed by atoms with Gasteiger partial charge in [-0.15, -0.1) is 0 Å². The number of ether oxygens (including phenoxy) is 2. The molecule has 0 spiro atoms. The fourth-order valence-electron chi connectivity index (χ4n) is 3.32. The van der Waals surface area contributed by atoms with Crippen LogP contribution in [0.15, 0.2) is 60.7 Å². The fourth-order valence-corrected chi connectivity index (χ4v) is 3.32. The molecule has 30 heavy (non-hydrogen) atoms. The van der Waals surface area contributed by atoms with Gasteiger partial charge in [0.2, 0.25) is 0 Å². The number of amides is 1. The Kier molecular flexibility index (Phi) is 6.72. The van der Waals surface area contributed by atoms with E-state index >= 15 is 0 Å². The molecule has 4 nitrogen and oxygen atoms in total. The Labute approximate surface area is 176 Å². The third kappa shape index (κ3) is 5.38. The van der Waals surface area contributed by atoms with Gasteiger partial charge in [0, 0.05) is 11.1 Å². The van der Waals surface area contributed by atoms with Crippen LogP contribution in [0.2, 0.25) is 0 Å². The summed E-state index contributed by atoms with van der Waals surface area (Å²) in [4.78, 5) is 12.7. The van der Waals surface area contributed by atoms with E-state index in [1.165, 1.54) is 12.1 Å². The van der Waals surface area contributed by atoms with Crippen molar-refractivity contribution < 1.29 is 18.7 Å². The molecule has 5 heteroatoms. The average molecular weight is 407 g/mol. The number of hydrogen-bond acceptors (Lipinski definition) is 3. The molecule has 0 bridgehead atoms. The first-order valence-electron chi connectivity index (χ1n) is 9.80. The number of rotatable bonds is 7. The van der Waals surface area contributed by atoms with Crippen molar-refractivity contribution in [3.63, 3.8) is 0 Å². The van der Waals surface area contributed by atoms with E-state index in [-0.39, 0.29) is 24.4 Å². The van der Waals surface area contributed by atoms with Gasteiger partial charge in [-0.1, -0.05) is 18.2 Å². The molecule has 0 unspecified atom stereocenters. The number of carbonyl (C=O) groups is 1. The molecule has 0 saturated carbocycles. The average Bonchev–Trinajstić information content (AvgIpc) is 2.71. The molecule has 1 N–H and O–H groups in total. The second-order valence-electron chi connectivity index (χ2n) is 7.39. The third-order valence-electron chi connectivity index (χ3n) is 4.85. The molecule has 0 aromatic heterocycles. The maximum absolute atomic E-state index is 13.1. The highest BCUT2D eigenvalue weighted by Gasteiger charge is 2.14. The number of halogens is 1. The van der Waals surface area contributed by atoms with Crippen molar-refractivity contribution in [3.8, 4) is 11.5 Å². The summed E-state index contributed by atoms with van der Waals surface area (Å²) in [6, 6.07) is 17.1. The third-order valence-corrected chi connectivity index (χ3v) is 4.85. The first-order chi connectivity index (χ1) is 14.4. The molecular weight excluding hydrogens is 381 g/mol. The topological polar surface area (TPSA) is 47.6 Å². The largest absolute Gasteiger partial charge is 0.496 e. The van der Waals surface area contributed by atoms with Gasteiger partial charge in [-0.05, 0) is 79.9 Å². The number of nitrogens with one attached hydrogen (secondary N) is 1. The molecule has 3 rings (SSSR count).